The molecule has 1 N–H and O–H groups in total. The number of nitrogens with one attached hydrogen (secondary N) is 1. The van der Waals surface area contributed by atoms with Crippen LogP contribution >= 0.6 is 0 Å². The van der Waals surface area contributed by atoms with Crippen LogP contribution < -0.4 is 10.2 Å². The lowest BCUT2D eigenvalue weighted by Gasteiger charge is -2.07. The normalized spacial score (nSPS) is 9.88. The molecule has 0 aliphatic rings. The molecular weight excluding hydrogens is 310 g/mol. The Kier molecular flexibility index (Phi) is 6.64. The van der Waals surface area contributed by atoms with E-state index in [-0.39, 0.29) is 13.0 Å². The van der Waals surface area contributed by atoms with Crippen molar-refractivity contribution in [1.82, 2.24) is 5.48 Å². The van der Waals surface area contributed by atoms with Crippen LogP contribution in [0.25, 0.3) is 0 Å². The summed E-state index contributed by atoms with van der Waals surface area (Å²) in [5, 5.41) is 0. The van der Waals surface area contributed by atoms with Crippen LogP contribution in [0.3, 0.4) is 0 Å². The highest BCUT2D eigenvalue weighted by Gasteiger charge is 2.08. The standard InChI is InChI=1S/C18H19NO5/c1-22-16-10-7-14(8-11-16)9-12-17(20)24-19-18(21)23-13-15-5-3-2-4-6-15/h2-8,10-11H,9,12-13H2,1H3,(H,19,21). The largest absolute Gasteiger partial charge is 0.497 e. The highest BCUT2D eigenvalue weighted by molar-refractivity contribution is 5.73. The van der Waals surface area contributed by atoms with Crippen LogP contribution in [0.4, 0.5) is 4.79 Å². The third-order valence-corrected chi connectivity index (χ3v) is 3.24. The fraction of sp³-hybridized carbons (Fsp3) is 0.222. The van der Waals surface area contributed by atoms with Gasteiger partial charge in [0.05, 0.1) is 13.5 Å². The molecule has 126 valence electrons. The number of carbonyl (C=O) groups excluding carboxylic acids is 2. The van der Waals surface area contributed by atoms with Gasteiger partial charge in [-0.25, -0.2) is 9.59 Å². The van der Waals surface area contributed by atoms with Crippen molar-refractivity contribution < 1.29 is 23.9 Å². The highest BCUT2D eigenvalue weighted by Crippen LogP contribution is 2.12. The molecule has 2 rings (SSSR count). The SMILES string of the molecule is COc1ccc(CCC(=O)ONC(=O)OCc2ccccc2)cc1. The predicted molar refractivity (Wildman–Crippen MR) is 87.2 cm³/mol. The number of rotatable bonds is 6. The fourth-order valence-electron chi connectivity index (χ4n) is 1.94. The Hall–Kier alpha value is -3.02. The van der Waals surface area contributed by atoms with E-state index in [1.54, 1.807) is 7.11 Å². The summed E-state index contributed by atoms with van der Waals surface area (Å²) in [4.78, 5) is 27.7. The number of aryl methyl sites for hydroxylation is 1. The molecule has 0 unspecified atom stereocenters. The van der Waals surface area contributed by atoms with Gasteiger partial charge in [-0.3, -0.25) is 0 Å². The summed E-state index contributed by atoms with van der Waals surface area (Å²) in [6, 6.07) is 16.6. The second kappa shape index (κ2) is 9.19. The average Bonchev–Trinajstić information content (AvgIpc) is 2.64. The van der Waals surface area contributed by atoms with Crippen molar-refractivity contribution in [2.24, 2.45) is 0 Å². The van der Waals surface area contributed by atoms with Crippen LogP contribution in [-0.2, 0) is 27.4 Å². The molecule has 6 heteroatoms. The van der Waals surface area contributed by atoms with Crippen molar-refractivity contribution in [2.75, 3.05) is 7.11 Å². The lowest BCUT2D eigenvalue weighted by molar-refractivity contribution is -0.149. The zero-order chi connectivity index (χ0) is 17.2. The Morgan fingerprint density at radius 1 is 0.958 bits per heavy atom. The second-order valence-corrected chi connectivity index (χ2v) is 4.99. The molecule has 0 radical (unpaired) electrons. The quantitative estimate of drug-likeness (QED) is 0.825. The topological polar surface area (TPSA) is 73.9 Å². The van der Waals surface area contributed by atoms with E-state index in [1.807, 2.05) is 60.1 Å². The van der Waals surface area contributed by atoms with Crippen molar-refractivity contribution in [3.63, 3.8) is 0 Å². The summed E-state index contributed by atoms with van der Waals surface area (Å²) >= 11 is 0. The first-order valence-electron chi connectivity index (χ1n) is 7.46. The third kappa shape index (κ3) is 6.00. The zero-order valence-corrected chi connectivity index (χ0v) is 13.4. The van der Waals surface area contributed by atoms with E-state index in [4.69, 9.17) is 9.47 Å². The van der Waals surface area contributed by atoms with Crippen LogP contribution in [0.2, 0.25) is 0 Å². The molecule has 0 spiro atoms. The van der Waals surface area contributed by atoms with E-state index in [2.05, 4.69) is 4.84 Å². The number of hydroxylamine groups is 1. The van der Waals surface area contributed by atoms with Crippen molar-refractivity contribution >= 4 is 12.1 Å². The van der Waals surface area contributed by atoms with Crippen LogP contribution in [0.1, 0.15) is 17.5 Å². The molecule has 1 amide bonds. The summed E-state index contributed by atoms with van der Waals surface area (Å²) in [5.41, 5.74) is 3.79. The number of carbonyl (C=O) groups is 2. The van der Waals surface area contributed by atoms with Crippen LogP contribution in [0, 0.1) is 0 Å². The molecule has 0 atom stereocenters. The monoisotopic (exact) mass is 329 g/mol. The smallest absolute Gasteiger partial charge is 0.441 e. The van der Waals surface area contributed by atoms with Crippen LogP contribution in [-0.4, -0.2) is 19.2 Å². The lowest BCUT2D eigenvalue weighted by atomic mass is 10.1. The summed E-state index contributed by atoms with van der Waals surface area (Å²) in [6.07, 6.45) is -0.161. The van der Waals surface area contributed by atoms with Gasteiger partial charge in [0, 0.05) is 0 Å². The molecule has 2 aromatic rings. The Bertz CT molecular complexity index is 655. The lowest BCUT2D eigenvalue weighted by Crippen LogP contribution is -2.27. The summed E-state index contributed by atoms with van der Waals surface area (Å²) in [6.45, 7) is 0.107. The van der Waals surface area contributed by atoms with Gasteiger partial charge in [0.15, 0.2) is 0 Å². The van der Waals surface area contributed by atoms with Gasteiger partial charge in [-0.05, 0) is 29.7 Å². The molecule has 0 fully saturated rings. The molecule has 0 aromatic heterocycles. The molecule has 0 saturated carbocycles. The molecule has 2 aromatic carbocycles. The van der Waals surface area contributed by atoms with Gasteiger partial charge in [-0.15, -0.1) is 5.48 Å². The van der Waals surface area contributed by atoms with Crippen molar-refractivity contribution in [2.45, 2.75) is 19.4 Å². The van der Waals surface area contributed by atoms with Gasteiger partial charge in [-0.2, -0.15) is 0 Å². The Balaban J connectivity index is 1.64. The molecule has 6 nitrogen and oxygen atoms in total. The summed E-state index contributed by atoms with van der Waals surface area (Å²) in [7, 11) is 1.59. The third-order valence-electron chi connectivity index (χ3n) is 3.24. The first-order valence-corrected chi connectivity index (χ1v) is 7.46. The second-order valence-electron chi connectivity index (χ2n) is 4.99. The van der Waals surface area contributed by atoms with E-state index in [0.29, 0.717) is 6.42 Å². The minimum absolute atomic E-state index is 0.107. The van der Waals surface area contributed by atoms with Crippen LogP contribution in [0.5, 0.6) is 5.75 Å². The summed E-state index contributed by atoms with van der Waals surface area (Å²) < 4.78 is 9.99. The first-order chi connectivity index (χ1) is 11.7. The van der Waals surface area contributed by atoms with Crippen molar-refractivity contribution in [3.8, 4) is 5.75 Å². The molecule has 0 aliphatic carbocycles. The average molecular weight is 329 g/mol. The maximum atomic E-state index is 11.6. The van der Waals surface area contributed by atoms with Gasteiger partial charge in [0.25, 0.3) is 0 Å². The number of hydrogen-bond donors (Lipinski definition) is 1. The van der Waals surface area contributed by atoms with Crippen LogP contribution in [0.15, 0.2) is 54.6 Å². The van der Waals surface area contributed by atoms with E-state index in [0.717, 1.165) is 16.9 Å². The molecule has 0 saturated heterocycles. The summed E-state index contributed by atoms with van der Waals surface area (Å²) in [5.74, 6) is 0.214. The van der Waals surface area contributed by atoms with Gasteiger partial charge in [0.2, 0.25) is 0 Å². The minimum atomic E-state index is -0.809. The number of ether oxygens (including phenoxy) is 2. The maximum absolute atomic E-state index is 11.6. The zero-order valence-electron chi connectivity index (χ0n) is 13.4. The maximum Gasteiger partial charge on any atom is 0.441 e. The highest BCUT2D eigenvalue weighted by atomic mass is 16.7. The van der Waals surface area contributed by atoms with Gasteiger partial charge in [-0.1, -0.05) is 42.5 Å². The number of hydrogen-bond acceptors (Lipinski definition) is 5. The Labute approximate surface area is 140 Å². The molecule has 0 bridgehead atoms. The van der Waals surface area contributed by atoms with E-state index >= 15 is 0 Å². The Morgan fingerprint density at radius 3 is 2.33 bits per heavy atom. The molecule has 24 heavy (non-hydrogen) atoms. The van der Waals surface area contributed by atoms with Crippen molar-refractivity contribution in [3.05, 3.63) is 65.7 Å². The molecule has 0 heterocycles. The number of benzene rings is 2. The van der Waals surface area contributed by atoms with Crippen molar-refractivity contribution in [1.29, 1.82) is 0 Å². The molecule has 0 aliphatic heterocycles. The fourth-order valence-corrected chi connectivity index (χ4v) is 1.94. The van der Waals surface area contributed by atoms with Gasteiger partial charge >= 0.3 is 12.1 Å². The van der Waals surface area contributed by atoms with Gasteiger partial charge in [0.1, 0.15) is 12.4 Å². The van der Waals surface area contributed by atoms with E-state index < -0.39 is 12.1 Å². The number of amides is 1. The van der Waals surface area contributed by atoms with E-state index in [1.165, 1.54) is 0 Å². The minimum Gasteiger partial charge on any atom is -0.497 e. The first kappa shape index (κ1) is 17.3. The van der Waals surface area contributed by atoms with Gasteiger partial charge < -0.3 is 14.3 Å². The molecular formula is C18H19NO5. The predicted octanol–water partition coefficient (Wildman–Crippen LogP) is 3.01. The number of methoxy groups -OCH3 is 1. The van der Waals surface area contributed by atoms with E-state index in [9.17, 15) is 9.59 Å². The Morgan fingerprint density at radius 2 is 1.67 bits per heavy atom.